The highest BCUT2D eigenvalue weighted by Gasteiger charge is 2.25. The van der Waals surface area contributed by atoms with Crippen molar-refractivity contribution in [2.75, 3.05) is 18.1 Å². The van der Waals surface area contributed by atoms with E-state index in [1.807, 2.05) is 36.7 Å². The molecule has 1 saturated heterocycles. The monoisotopic (exact) mass is 333 g/mol. The molecule has 4 nitrogen and oxygen atoms in total. The maximum atomic E-state index is 9.36. The topological polar surface area (TPSA) is 49.2 Å². The average molecular weight is 334 g/mol. The van der Waals surface area contributed by atoms with Crippen molar-refractivity contribution in [1.82, 2.24) is 9.97 Å². The Hall–Kier alpha value is -1.46. The highest BCUT2D eigenvalue weighted by Crippen LogP contribution is 2.28. The summed E-state index contributed by atoms with van der Waals surface area (Å²) < 4.78 is 1.03. The third-order valence-electron chi connectivity index (χ3n) is 3.67. The number of hydrogen-bond acceptors (Lipinski definition) is 4. The fourth-order valence-electron chi connectivity index (χ4n) is 2.59. The van der Waals surface area contributed by atoms with Gasteiger partial charge >= 0.3 is 0 Å². The second-order valence-electron chi connectivity index (χ2n) is 4.92. The van der Waals surface area contributed by atoms with Gasteiger partial charge in [0.05, 0.1) is 12.6 Å². The van der Waals surface area contributed by atoms with Crippen molar-refractivity contribution >= 4 is 21.9 Å². The van der Waals surface area contributed by atoms with E-state index in [0.717, 1.165) is 35.0 Å². The minimum absolute atomic E-state index is 0.157. The number of aromatic nitrogens is 2. The summed E-state index contributed by atoms with van der Waals surface area (Å²) in [5.41, 5.74) is 2.07. The molecule has 1 aliphatic heterocycles. The Bertz CT molecular complexity index is 588. The molecule has 0 saturated carbocycles. The molecule has 20 heavy (non-hydrogen) atoms. The fourth-order valence-corrected chi connectivity index (χ4v) is 3.11. The van der Waals surface area contributed by atoms with Crippen molar-refractivity contribution < 1.29 is 5.11 Å². The third-order valence-corrected chi connectivity index (χ3v) is 4.36. The van der Waals surface area contributed by atoms with Gasteiger partial charge in [-0.2, -0.15) is 0 Å². The second kappa shape index (κ2) is 5.89. The molecule has 3 rings (SSSR count). The number of hydrogen-bond donors (Lipinski definition) is 1. The summed E-state index contributed by atoms with van der Waals surface area (Å²) in [4.78, 5) is 11.0. The molecule has 1 unspecified atom stereocenters. The summed E-state index contributed by atoms with van der Waals surface area (Å²) in [5.74, 6) is 0.706. The van der Waals surface area contributed by atoms with Crippen molar-refractivity contribution in [3.63, 3.8) is 0 Å². The van der Waals surface area contributed by atoms with E-state index in [9.17, 15) is 5.11 Å². The molecule has 1 aromatic carbocycles. The van der Waals surface area contributed by atoms with E-state index in [2.05, 4.69) is 30.8 Å². The number of halogens is 1. The maximum Gasteiger partial charge on any atom is 0.225 e. The first-order chi connectivity index (χ1) is 9.79. The number of rotatable bonds is 3. The Morgan fingerprint density at radius 1 is 1.25 bits per heavy atom. The lowest BCUT2D eigenvalue weighted by molar-refractivity contribution is 0.265. The van der Waals surface area contributed by atoms with Crippen molar-refractivity contribution in [3.8, 4) is 11.1 Å². The van der Waals surface area contributed by atoms with Gasteiger partial charge in [0.1, 0.15) is 0 Å². The Morgan fingerprint density at radius 3 is 2.70 bits per heavy atom. The van der Waals surface area contributed by atoms with Crippen LogP contribution in [0.15, 0.2) is 41.1 Å². The smallest absolute Gasteiger partial charge is 0.225 e. The van der Waals surface area contributed by atoms with Crippen LogP contribution in [-0.2, 0) is 0 Å². The Morgan fingerprint density at radius 2 is 2.00 bits per heavy atom. The predicted molar refractivity (Wildman–Crippen MR) is 82.6 cm³/mol. The zero-order chi connectivity index (χ0) is 13.9. The van der Waals surface area contributed by atoms with Gasteiger partial charge in [-0.3, -0.25) is 0 Å². The predicted octanol–water partition coefficient (Wildman–Crippen LogP) is 2.87. The molecular formula is C15H16BrN3O. The van der Waals surface area contributed by atoms with Gasteiger partial charge in [0.15, 0.2) is 0 Å². The van der Waals surface area contributed by atoms with Crippen molar-refractivity contribution in [2.45, 2.75) is 18.9 Å². The summed E-state index contributed by atoms with van der Waals surface area (Å²) in [6, 6.07) is 8.18. The number of nitrogens with zero attached hydrogens (tertiary/aromatic N) is 3. The van der Waals surface area contributed by atoms with E-state index in [1.165, 1.54) is 0 Å². The molecule has 1 aromatic heterocycles. The number of aliphatic hydroxyl groups is 1. The Kier molecular flexibility index (Phi) is 3.98. The first-order valence-electron chi connectivity index (χ1n) is 6.74. The minimum Gasteiger partial charge on any atom is -0.394 e. The van der Waals surface area contributed by atoms with Crippen LogP contribution in [0, 0.1) is 0 Å². The van der Waals surface area contributed by atoms with Crippen LogP contribution >= 0.6 is 15.9 Å². The van der Waals surface area contributed by atoms with Crippen molar-refractivity contribution in [2.24, 2.45) is 0 Å². The molecule has 1 atom stereocenters. The number of anilines is 1. The summed E-state index contributed by atoms with van der Waals surface area (Å²) in [7, 11) is 0. The molecule has 1 fully saturated rings. The van der Waals surface area contributed by atoms with Gasteiger partial charge in [0, 0.05) is 29.0 Å². The van der Waals surface area contributed by atoms with E-state index in [4.69, 9.17) is 0 Å². The number of aliphatic hydroxyl groups excluding tert-OH is 1. The van der Waals surface area contributed by atoms with Crippen LogP contribution in [-0.4, -0.2) is 34.3 Å². The van der Waals surface area contributed by atoms with Gasteiger partial charge in [-0.15, -0.1) is 0 Å². The first-order valence-corrected chi connectivity index (χ1v) is 7.53. The van der Waals surface area contributed by atoms with Crippen LogP contribution in [0.2, 0.25) is 0 Å². The lowest BCUT2D eigenvalue weighted by Gasteiger charge is -2.22. The van der Waals surface area contributed by atoms with Crippen LogP contribution in [0.3, 0.4) is 0 Å². The zero-order valence-electron chi connectivity index (χ0n) is 11.0. The zero-order valence-corrected chi connectivity index (χ0v) is 12.6. The van der Waals surface area contributed by atoms with Crippen molar-refractivity contribution in [1.29, 1.82) is 0 Å². The average Bonchev–Trinajstić information content (AvgIpc) is 2.96. The summed E-state index contributed by atoms with van der Waals surface area (Å²) in [6.45, 7) is 1.08. The molecule has 1 aliphatic rings. The lowest BCUT2D eigenvalue weighted by atomic mass is 10.1. The highest BCUT2D eigenvalue weighted by atomic mass is 79.9. The third kappa shape index (κ3) is 2.55. The van der Waals surface area contributed by atoms with E-state index in [-0.39, 0.29) is 12.6 Å². The van der Waals surface area contributed by atoms with Gasteiger partial charge < -0.3 is 10.0 Å². The maximum absolute atomic E-state index is 9.36. The van der Waals surface area contributed by atoms with Crippen LogP contribution < -0.4 is 4.90 Å². The summed E-state index contributed by atoms with van der Waals surface area (Å²) in [6.07, 6.45) is 5.77. The molecule has 1 N–H and O–H groups in total. The molecule has 0 bridgehead atoms. The highest BCUT2D eigenvalue weighted by molar-refractivity contribution is 9.10. The number of benzene rings is 1. The van der Waals surface area contributed by atoms with Crippen molar-refractivity contribution in [3.05, 3.63) is 41.1 Å². The van der Waals surface area contributed by atoms with Gasteiger partial charge in [-0.05, 0) is 24.5 Å². The Labute approximate surface area is 126 Å². The molecule has 0 amide bonds. The van der Waals surface area contributed by atoms with E-state index in [0.29, 0.717) is 5.95 Å². The minimum atomic E-state index is 0.157. The molecule has 0 spiro atoms. The van der Waals surface area contributed by atoms with E-state index < -0.39 is 0 Å². The molecule has 0 aliphatic carbocycles. The van der Waals surface area contributed by atoms with Crippen LogP contribution in [0.1, 0.15) is 12.8 Å². The molecular weight excluding hydrogens is 318 g/mol. The van der Waals surface area contributed by atoms with E-state index >= 15 is 0 Å². The molecule has 104 valence electrons. The van der Waals surface area contributed by atoms with Gasteiger partial charge in [-0.25, -0.2) is 9.97 Å². The molecule has 2 aromatic rings. The first kappa shape index (κ1) is 13.5. The SMILES string of the molecule is OCC1CCCN1c1ncc(-c2ccccc2Br)cn1. The largest absolute Gasteiger partial charge is 0.394 e. The molecule has 0 radical (unpaired) electrons. The molecule has 5 heteroatoms. The van der Waals surface area contributed by atoms with E-state index in [1.54, 1.807) is 0 Å². The standard InChI is InChI=1S/C15H16BrN3O/c16-14-6-2-1-5-13(14)11-8-17-15(18-9-11)19-7-3-4-12(19)10-20/h1-2,5-6,8-9,12,20H,3-4,7,10H2. The lowest BCUT2D eigenvalue weighted by Crippen LogP contribution is -2.33. The Balaban J connectivity index is 1.87. The van der Waals surface area contributed by atoms with Crippen LogP contribution in [0.4, 0.5) is 5.95 Å². The molecule has 2 heterocycles. The summed E-state index contributed by atoms with van der Waals surface area (Å²) in [5, 5.41) is 9.36. The summed E-state index contributed by atoms with van der Waals surface area (Å²) >= 11 is 3.54. The quantitative estimate of drug-likeness (QED) is 0.938. The fraction of sp³-hybridized carbons (Fsp3) is 0.333. The van der Waals surface area contributed by atoms with Gasteiger partial charge in [0.25, 0.3) is 0 Å². The van der Waals surface area contributed by atoms with Crippen LogP contribution in [0.25, 0.3) is 11.1 Å². The van der Waals surface area contributed by atoms with Gasteiger partial charge in [-0.1, -0.05) is 34.1 Å². The van der Waals surface area contributed by atoms with Crippen LogP contribution in [0.5, 0.6) is 0 Å². The second-order valence-corrected chi connectivity index (χ2v) is 5.78. The van der Waals surface area contributed by atoms with Gasteiger partial charge in [0.2, 0.25) is 5.95 Å². The normalized spacial score (nSPS) is 18.5.